The molecule has 0 aliphatic carbocycles. The van der Waals surface area contributed by atoms with Crippen LogP contribution in [0.25, 0.3) is 0 Å². The van der Waals surface area contributed by atoms with Gasteiger partial charge in [-0.05, 0) is 43.4 Å². The molecular formula is C19H28N2O3. The molecule has 1 saturated heterocycles. The number of ether oxygens (including phenoxy) is 2. The molecule has 1 aromatic rings. The summed E-state index contributed by atoms with van der Waals surface area (Å²) in [6, 6.07) is 8.39. The molecule has 0 radical (unpaired) electrons. The Balaban J connectivity index is 1.54. The molecule has 0 unspecified atom stereocenters. The zero-order valence-corrected chi connectivity index (χ0v) is 14.6. The van der Waals surface area contributed by atoms with E-state index in [0.29, 0.717) is 5.92 Å². The summed E-state index contributed by atoms with van der Waals surface area (Å²) in [6.45, 7) is 5.75. The van der Waals surface area contributed by atoms with Gasteiger partial charge in [0, 0.05) is 33.3 Å². The molecule has 1 amide bonds. The molecule has 0 spiro atoms. The fraction of sp³-hybridized carbons (Fsp3) is 0.632. The first-order valence-corrected chi connectivity index (χ1v) is 8.96. The number of nitrogens with zero attached hydrogens (tertiary/aromatic N) is 2. The number of carbonyl (C=O) groups excluding carboxylic acids is 1. The molecular weight excluding hydrogens is 304 g/mol. The molecule has 5 nitrogen and oxygen atoms in total. The zero-order valence-electron chi connectivity index (χ0n) is 14.6. The van der Waals surface area contributed by atoms with Gasteiger partial charge in [-0.15, -0.1) is 0 Å². The van der Waals surface area contributed by atoms with Crippen molar-refractivity contribution in [1.29, 1.82) is 0 Å². The van der Waals surface area contributed by atoms with Crippen molar-refractivity contribution in [3.63, 3.8) is 0 Å². The number of methoxy groups -OCH3 is 1. The normalized spacial score (nSPS) is 22.2. The largest absolute Gasteiger partial charge is 0.493 e. The van der Waals surface area contributed by atoms with E-state index in [9.17, 15) is 4.79 Å². The van der Waals surface area contributed by atoms with Gasteiger partial charge in [0.15, 0.2) is 0 Å². The third-order valence-electron chi connectivity index (χ3n) is 4.99. The molecule has 0 saturated carbocycles. The van der Waals surface area contributed by atoms with E-state index < -0.39 is 0 Å². The van der Waals surface area contributed by atoms with Gasteiger partial charge in [-0.1, -0.05) is 18.2 Å². The maximum Gasteiger partial charge on any atom is 0.248 e. The first-order valence-electron chi connectivity index (χ1n) is 8.96. The monoisotopic (exact) mass is 332 g/mol. The number of fused-ring (bicyclic) bond motifs is 1. The van der Waals surface area contributed by atoms with Gasteiger partial charge in [-0.25, -0.2) is 0 Å². The molecule has 2 aliphatic heterocycles. The van der Waals surface area contributed by atoms with Crippen molar-refractivity contribution in [3.8, 4) is 5.75 Å². The van der Waals surface area contributed by atoms with Gasteiger partial charge >= 0.3 is 0 Å². The standard InChI is InChI=1S/C19H28N2O3/c1-23-15-19(22)21-9-4-8-20(10-11-21)14-16-7-12-24-18-6-3-2-5-17(18)13-16/h2-3,5-6,16H,4,7-15H2,1H3/t16-/m0/s1. The van der Waals surface area contributed by atoms with E-state index in [2.05, 4.69) is 23.1 Å². The van der Waals surface area contributed by atoms with Gasteiger partial charge < -0.3 is 19.3 Å². The SMILES string of the molecule is COCC(=O)N1CCCN(C[C@H]2CCOc3ccccc3C2)CC1. The molecule has 1 fully saturated rings. The van der Waals surface area contributed by atoms with Gasteiger partial charge in [0.25, 0.3) is 0 Å². The topological polar surface area (TPSA) is 42.0 Å². The zero-order chi connectivity index (χ0) is 16.8. The van der Waals surface area contributed by atoms with E-state index in [1.165, 1.54) is 5.56 Å². The van der Waals surface area contributed by atoms with Crippen LogP contribution in [0.1, 0.15) is 18.4 Å². The number of amides is 1. The lowest BCUT2D eigenvalue weighted by atomic mass is 9.96. The summed E-state index contributed by atoms with van der Waals surface area (Å²) in [5.41, 5.74) is 1.33. The van der Waals surface area contributed by atoms with E-state index in [-0.39, 0.29) is 12.5 Å². The first kappa shape index (κ1) is 17.2. The van der Waals surface area contributed by atoms with E-state index in [1.54, 1.807) is 7.11 Å². The highest BCUT2D eigenvalue weighted by molar-refractivity contribution is 5.77. The Morgan fingerprint density at radius 3 is 3.00 bits per heavy atom. The molecule has 0 N–H and O–H groups in total. The van der Waals surface area contributed by atoms with Crippen LogP contribution < -0.4 is 4.74 Å². The van der Waals surface area contributed by atoms with Crippen molar-refractivity contribution in [3.05, 3.63) is 29.8 Å². The Kier molecular flexibility index (Phi) is 6.10. The van der Waals surface area contributed by atoms with E-state index in [4.69, 9.17) is 9.47 Å². The number of benzene rings is 1. The van der Waals surface area contributed by atoms with Crippen LogP contribution >= 0.6 is 0 Å². The Hall–Kier alpha value is -1.59. The fourth-order valence-corrected chi connectivity index (χ4v) is 3.70. The van der Waals surface area contributed by atoms with Crippen molar-refractivity contribution in [1.82, 2.24) is 9.80 Å². The Bertz CT molecular complexity index is 549. The number of hydrogen-bond acceptors (Lipinski definition) is 4. The van der Waals surface area contributed by atoms with Crippen LogP contribution in [-0.2, 0) is 16.0 Å². The van der Waals surface area contributed by atoms with Gasteiger partial charge in [-0.2, -0.15) is 0 Å². The highest BCUT2D eigenvalue weighted by Gasteiger charge is 2.23. The lowest BCUT2D eigenvalue weighted by molar-refractivity contribution is -0.135. The lowest BCUT2D eigenvalue weighted by Crippen LogP contribution is -2.38. The minimum atomic E-state index is 0.108. The van der Waals surface area contributed by atoms with Crippen molar-refractivity contribution < 1.29 is 14.3 Å². The number of para-hydroxylation sites is 1. The molecule has 0 aromatic heterocycles. The quantitative estimate of drug-likeness (QED) is 0.843. The van der Waals surface area contributed by atoms with Gasteiger partial charge in [0.05, 0.1) is 6.61 Å². The summed E-state index contributed by atoms with van der Waals surface area (Å²) in [5, 5.41) is 0. The summed E-state index contributed by atoms with van der Waals surface area (Å²) in [6.07, 6.45) is 3.21. The van der Waals surface area contributed by atoms with Crippen LogP contribution in [0.15, 0.2) is 24.3 Å². The maximum absolute atomic E-state index is 12.0. The van der Waals surface area contributed by atoms with Gasteiger partial charge in [0.2, 0.25) is 5.91 Å². The third-order valence-corrected chi connectivity index (χ3v) is 4.99. The Morgan fingerprint density at radius 2 is 2.12 bits per heavy atom. The fourth-order valence-electron chi connectivity index (χ4n) is 3.70. The highest BCUT2D eigenvalue weighted by Crippen LogP contribution is 2.27. The number of carbonyl (C=O) groups is 1. The number of hydrogen-bond donors (Lipinski definition) is 0. The van der Waals surface area contributed by atoms with Crippen molar-refractivity contribution in [2.75, 3.05) is 53.0 Å². The smallest absolute Gasteiger partial charge is 0.248 e. The minimum absolute atomic E-state index is 0.108. The summed E-state index contributed by atoms with van der Waals surface area (Å²) in [4.78, 5) is 16.4. The van der Waals surface area contributed by atoms with E-state index >= 15 is 0 Å². The van der Waals surface area contributed by atoms with E-state index in [1.807, 2.05) is 11.0 Å². The molecule has 5 heteroatoms. The molecule has 0 bridgehead atoms. The van der Waals surface area contributed by atoms with Crippen LogP contribution in [0.5, 0.6) is 5.75 Å². The second kappa shape index (κ2) is 8.49. The van der Waals surface area contributed by atoms with Crippen molar-refractivity contribution in [2.45, 2.75) is 19.3 Å². The van der Waals surface area contributed by atoms with Crippen LogP contribution in [0.2, 0.25) is 0 Å². The molecule has 24 heavy (non-hydrogen) atoms. The molecule has 2 aliphatic rings. The van der Waals surface area contributed by atoms with Crippen molar-refractivity contribution in [2.24, 2.45) is 5.92 Å². The number of rotatable bonds is 4. The second-order valence-electron chi connectivity index (χ2n) is 6.78. The second-order valence-corrected chi connectivity index (χ2v) is 6.78. The van der Waals surface area contributed by atoms with E-state index in [0.717, 1.165) is 64.3 Å². The van der Waals surface area contributed by atoms with Gasteiger partial charge in [0.1, 0.15) is 12.4 Å². The van der Waals surface area contributed by atoms with Crippen molar-refractivity contribution >= 4 is 5.91 Å². The Labute approximate surface area is 144 Å². The Morgan fingerprint density at radius 1 is 1.25 bits per heavy atom. The summed E-state index contributed by atoms with van der Waals surface area (Å²) >= 11 is 0. The first-order chi connectivity index (χ1) is 11.8. The van der Waals surface area contributed by atoms with Crippen LogP contribution in [0, 0.1) is 5.92 Å². The predicted octanol–water partition coefficient (Wildman–Crippen LogP) is 1.81. The van der Waals surface area contributed by atoms with Crippen LogP contribution in [-0.4, -0.2) is 68.8 Å². The summed E-state index contributed by atoms with van der Waals surface area (Å²) < 4.78 is 10.9. The van der Waals surface area contributed by atoms with Crippen LogP contribution in [0.4, 0.5) is 0 Å². The highest BCUT2D eigenvalue weighted by atomic mass is 16.5. The molecule has 1 atom stereocenters. The molecule has 132 valence electrons. The lowest BCUT2D eigenvalue weighted by Gasteiger charge is -2.25. The predicted molar refractivity (Wildman–Crippen MR) is 93.3 cm³/mol. The molecule has 1 aromatic carbocycles. The maximum atomic E-state index is 12.0. The summed E-state index contributed by atoms with van der Waals surface area (Å²) in [5.74, 6) is 1.78. The average molecular weight is 332 g/mol. The molecule has 2 heterocycles. The third kappa shape index (κ3) is 4.48. The van der Waals surface area contributed by atoms with Gasteiger partial charge in [-0.3, -0.25) is 4.79 Å². The average Bonchev–Trinajstić information content (AvgIpc) is 2.93. The minimum Gasteiger partial charge on any atom is -0.493 e. The molecule has 3 rings (SSSR count). The summed E-state index contributed by atoms with van der Waals surface area (Å²) in [7, 11) is 1.58. The van der Waals surface area contributed by atoms with Crippen LogP contribution in [0.3, 0.4) is 0 Å².